The number of rotatable bonds is 6. The molecule has 1 N–H and O–H groups in total. The van der Waals surface area contributed by atoms with Crippen molar-refractivity contribution < 1.29 is 9.53 Å². The van der Waals surface area contributed by atoms with Crippen molar-refractivity contribution in [1.82, 2.24) is 4.90 Å². The fourth-order valence-electron chi connectivity index (χ4n) is 2.50. The number of carbonyl (C=O) groups is 1. The lowest BCUT2D eigenvalue weighted by Crippen LogP contribution is -2.37. The molecule has 1 amide bonds. The molecule has 2 rings (SSSR count). The lowest BCUT2D eigenvalue weighted by Gasteiger charge is -2.30. The summed E-state index contributed by atoms with van der Waals surface area (Å²) < 4.78 is 5.39. The highest BCUT2D eigenvalue weighted by molar-refractivity contribution is 5.95. The third-order valence-corrected chi connectivity index (χ3v) is 3.79. The van der Waals surface area contributed by atoms with Gasteiger partial charge in [-0.25, -0.2) is 0 Å². The van der Waals surface area contributed by atoms with Crippen LogP contribution in [0, 0.1) is 0 Å². The third-order valence-electron chi connectivity index (χ3n) is 3.79. The minimum Gasteiger partial charge on any atom is -0.378 e. The quantitative estimate of drug-likeness (QED) is 0.868. The largest absolute Gasteiger partial charge is 0.378 e. The summed E-state index contributed by atoms with van der Waals surface area (Å²) >= 11 is 0. The Morgan fingerprint density at radius 1 is 1.24 bits per heavy atom. The van der Waals surface area contributed by atoms with E-state index in [2.05, 4.69) is 35.0 Å². The van der Waals surface area contributed by atoms with E-state index in [9.17, 15) is 4.79 Å². The normalized spacial score (nSPS) is 15.3. The maximum Gasteiger partial charge on any atom is 0.238 e. The zero-order valence-corrected chi connectivity index (χ0v) is 13.0. The number of morpholine rings is 1. The Hall–Kier alpha value is -1.59. The van der Waals surface area contributed by atoms with E-state index in [-0.39, 0.29) is 5.91 Å². The summed E-state index contributed by atoms with van der Waals surface area (Å²) in [5.41, 5.74) is 1.96. The molecule has 0 saturated carbocycles. The van der Waals surface area contributed by atoms with Gasteiger partial charge in [0.05, 0.1) is 31.1 Å². The molecule has 0 aliphatic carbocycles. The highest BCUT2D eigenvalue weighted by Gasteiger charge is 2.16. The number of nitrogens with zero attached hydrogens (tertiary/aromatic N) is 2. The molecule has 116 valence electrons. The second-order valence-electron chi connectivity index (χ2n) is 5.13. The second-order valence-corrected chi connectivity index (χ2v) is 5.13. The van der Waals surface area contributed by atoms with Crippen LogP contribution >= 0.6 is 0 Å². The Labute approximate surface area is 126 Å². The van der Waals surface area contributed by atoms with E-state index >= 15 is 0 Å². The van der Waals surface area contributed by atoms with Crippen LogP contribution in [0.1, 0.15) is 13.8 Å². The molecule has 5 nitrogen and oxygen atoms in total. The van der Waals surface area contributed by atoms with E-state index in [1.807, 2.05) is 18.2 Å². The Morgan fingerprint density at radius 2 is 1.90 bits per heavy atom. The number of hydrogen-bond acceptors (Lipinski definition) is 4. The van der Waals surface area contributed by atoms with Crippen LogP contribution in [0.25, 0.3) is 0 Å². The molecule has 1 saturated heterocycles. The van der Waals surface area contributed by atoms with Crippen LogP contribution in [0.2, 0.25) is 0 Å². The summed E-state index contributed by atoms with van der Waals surface area (Å²) in [6.45, 7) is 9.54. The van der Waals surface area contributed by atoms with Gasteiger partial charge in [0.15, 0.2) is 0 Å². The van der Waals surface area contributed by atoms with Gasteiger partial charge < -0.3 is 15.0 Å². The van der Waals surface area contributed by atoms with Crippen molar-refractivity contribution in [3.8, 4) is 0 Å². The number of likely N-dealkylation sites (N-methyl/N-ethyl adjacent to an activating group) is 1. The Kier molecular flexibility index (Phi) is 6.02. The summed E-state index contributed by atoms with van der Waals surface area (Å²) in [5.74, 6) is 0.0411. The molecule has 0 radical (unpaired) electrons. The molecular formula is C16H25N3O2. The van der Waals surface area contributed by atoms with Gasteiger partial charge in [0.1, 0.15) is 0 Å². The lowest BCUT2D eigenvalue weighted by molar-refractivity contribution is -0.117. The van der Waals surface area contributed by atoms with E-state index in [4.69, 9.17) is 4.74 Å². The van der Waals surface area contributed by atoms with Crippen LogP contribution in [-0.4, -0.2) is 56.7 Å². The highest BCUT2D eigenvalue weighted by atomic mass is 16.5. The van der Waals surface area contributed by atoms with Crippen molar-refractivity contribution in [1.29, 1.82) is 0 Å². The van der Waals surface area contributed by atoms with E-state index < -0.39 is 0 Å². The molecule has 0 bridgehead atoms. The van der Waals surface area contributed by atoms with E-state index in [0.717, 1.165) is 50.8 Å². The number of hydrogen-bond donors (Lipinski definition) is 1. The smallest absolute Gasteiger partial charge is 0.238 e. The predicted molar refractivity (Wildman–Crippen MR) is 85.9 cm³/mol. The average Bonchev–Trinajstić information content (AvgIpc) is 2.54. The maximum atomic E-state index is 12.2. The summed E-state index contributed by atoms with van der Waals surface area (Å²) in [7, 11) is 0. The molecule has 0 unspecified atom stereocenters. The van der Waals surface area contributed by atoms with E-state index in [0.29, 0.717) is 6.54 Å². The molecule has 1 aromatic carbocycles. The summed E-state index contributed by atoms with van der Waals surface area (Å²) in [6, 6.07) is 7.98. The average molecular weight is 291 g/mol. The third kappa shape index (κ3) is 4.44. The van der Waals surface area contributed by atoms with Crippen molar-refractivity contribution in [3.05, 3.63) is 24.3 Å². The summed E-state index contributed by atoms with van der Waals surface area (Å²) in [5, 5.41) is 3.04. The van der Waals surface area contributed by atoms with Gasteiger partial charge >= 0.3 is 0 Å². The number of ether oxygens (including phenoxy) is 1. The van der Waals surface area contributed by atoms with Gasteiger partial charge in [0.25, 0.3) is 0 Å². The van der Waals surface area contributed by atoms with Gasteiger partial charge in [-0.2, -0.15) is 0 Å². The molecule has 0 aromatic heterocycles. The van der Waals surface area contributed by atoms with Gasteiger partial charge in [-0.15, -0.1) is 0 Å². The van der Waals surface area contributed by atoms with Crippen LogP contribution in [0.5, 0.6) is 0 Å². The summed E-state index contributed by atoms with van der Waals surface area (Å²) in [6.07, 6.45) is 0. The fourth-order valence-corrected chi connectivity index (χ4v) is 2.50. The minimum absolute atomic E-state index is 0.0411. The highest BCUT2D eigenvalue weighted by Crippen LogP contribution is 2.26. The zero-order chi connectivity index (χ0) is 15.1. The maximum absolute atomic E-state index is 12.2. The number of benzene rings is 1. The van der Waals surface area contributed by atoms with Gasteiger partial charge in [0.2, 0.25) is 5.91 Å². The molecule has 1 aliphatic rings. The lowest BCUT2D eigenvalue weighted by atomic mass is 10.2. The molecule has 1 fully saturated rings. The van der Waals surface area contributed by atoms with Crippen LogP contribution in [0.4, 0.5) is 11.4 Å². The van der Waals surface area contributed by atoms with E-state index in [1.54, 1.807) is 0 Å². The Balaban J connectivity index is 2.04. The predicted octanol–water partition coefficient (Wildman–Crippen LogP) is 1.80. The molecule has 0 atom stereocenters. The fraction of sp³-hybridized carbons (Fsp3) is 0.562. The first-order valence-electron chi connectivity index (χ1n) is 7.68. The van der Waals surface area contributed by atoms with Crippen LogP contribution < -0.4 is 10.2 Å². The second kappa shape index (κ2) is 8.00. The standard InChI is InChI=1S/C16H25N3O2/c1-3-18(4-2)13-16(20)17-14-7-5-6-8-15(14)19-9-11-21-12-10-19/h5-8H,3-4,9-13H2,1-2H3,(H,17,20). The van der Waals surface area contributed by atoms with Crippen molar-refractivity contribution in [3.63, 3.8) is 0 Å². The van der Waals surface area contributed by atoms with E-state index in [1.165, 1.54) is 0 Å². The molecule has 1 aliphatic heterocycles. The zero-order valence-electron chi connectivity index (χ0n) is 13.0. The van der Waals surface area contributed by atoms with Crippen molar-refractivity contribution in [2.75, 3.05) is 56.2 Å². The van der Waals surface area contributed by atoms with Crippen molar-refractivity contribution in [2.24, 2.45) is 0 Å². The van der Waals surface area contributed by atoms with Crippen LogP contribution in [-0.2, 0) is 9.53 Å². The number of para-hydroxylation sites is 2. The van der Waals surface area contributed by atoms with Crippen LogP contribution in [0.15, 0.2) is 24.3 Å². The number of nitrogens with one attached hydrogen (secondary N) is 1. The first kappa shape index (κ1) is 15.8. The summed E-state index contributed by atoms with van der Waals surface area (Å²) in [4.78, 5) is 16.5. The van der Waals surface area contributed by atoms with Gasteiger partial charge in [-0.05, 0) is 25.2 Å². The number of carbonyl (C=O) groups excluding carboxylic acids is 1. The first-order valence-corrected chi connectivity index (χ1v) is 7.68. The van der Waals surface area contributed by atoms with Crippen molar-refractivity contribution >= 4 is 17.3 Å². The van der Waals surface area contributed by atoms with Crippen LogP contribution in [0.3, 0.4) is 0 Å². The number of amides is 1. The van der Waals surface area contributed by atoms with Gasteiger partial charge in [0, 0.05) is 13.1 Å². The Bertz CT molecular complexity index is 455. The monoisotopic (exact) mass is 291 g/mol. The van der Waals surface area contributed by atoms with Gasteiger partial charge in [-0.1, -0.05) is 26.0 Å². The molecule has 1 heterocycles. The molecule has 0 spiro atoms. The minimum atomic E-state index is 0.0411. The molecule has 5 heteroatoms. The number of anilines is 2. The SMILES string of the molecule is CCN(CC)CC(=O)Nc1ccccc1N1CCOCC1. The Morgan fingerprint density at radius 3 is 2.57 bits per heavy atom. The van der Waals surface area contributed by atoms with Gasteiger partial charge in [-0.3, -0.25) is 9.69 Å². The van der Waals surface area contributed by atoms with Crippen molar-refractivity contribution in [2.45, 2.75) is 13.8 Å². The molecule has 21 heavy (non-hydrogen) atoms. The molecule has 1 aromatic rings. The molecular weight excluding hydrogens is 266 g/mol. The topological polar surface area (TPSA) is 44.8 Å². The first-order chi connectivity index (χ1) is 10.2.